The van der Waals surface area contributed by atoms with Crippen molar-refractivity contribution in [3.05, 3.63) is 0 Å². The van der Waals surface area contributed by atoms with E-state index >= 15 is 0 Å². The van der Waals surface area contributed by atoms with Gasteiger partial charge in [0, 0.05) is 18.7 Å². The molecule has 0 unspecified atom stereocenters. The highest BCUT2D eigenvalue weighted by Crippen LogP contribution is 2.15. The highest BCUT2D eigenvalue weighted by Gasteiger charge is 2.12. The van der Waals surface area contributed by atoms with Gasteiger partial charge in [-0.15, -0.1) is 12.3 Å². The Labute approximate surface area is 69.9 Å². The minimum Gasteiger partial charge on any atom is -0.293 e. The molecule has 62 valence electrons. The maximum Gasteiger partial charge on any atom is 0.0498 e. The highest BCUT2D eigenvalue weighted by molar-refractivity contribution is 5.86. The van der Waals surface area contributed by atoms with Crippen LogP contribution in [0.3, 0.4) is 0 Å². The van der Waals surface area contributed by atoms with Crippen LogP contribution in [0, 0.1) is 17.8 Å². The molecule has 0 aliphatic carbocycles. The molecular weight excluding hydrogens is 134 g/mol. The van der Waals surface area contributed by atoms with Crippen LogP contribution in [0.25, 0.3) is 0 Å². The molecule has 0 saturated carbocycles. The summed E-state index contributed by atoms with van der Waals surface area (Å²) in [7, 11) is 0. The predicted octanol–water partition coefficient (Wildman–Crippen LogP) is 2.52. The lowest BCUT2D eigenvalue weighted by molar-refractivity contribution is 0.585. The van der Waals surface area contributed by atoms with Crippen molar-refractivity contribution < 1.29 is 0 Å². The molecule has 0 saturated heterocycles. The van der Waals surface area contributed by atoms with Gasteiger partial charge in [-0.05, 0) is 12.3 Å². The van der Waals surface area contributed by atoms with Crippen molar-refractivity contribution in [2.45, 2.75) is 34.1 Å². The van der Waals surface area contributed by atoms with Crippen molar-refractivity contribution in [2.75, 3.05) is 6.54 Å². The fourth-order valence-electron chi connectivity index (χ4n) is 0.525. The van der Waals surface area contributed by atoms with Crippen molar-refractivity contribution in [2.24, 2.45) is 10.4 Å². The molecular formula is C10H17N. The first-order chi connectivity index (χ1) is 4.98. The van der Waals surface area contributed by atoms with E-state index in [1.807, 2.05) is 0 Å². The number of hydrogen-bond acceptors (Lipinski definition) is 1. The lowest BCUT2D eigenvalue weighted by atomic mass is 9.91. The summed E-state index contributed by atoms with van der Waals surface area (Å²) < 4.78 is 0. The van der Waals surface area contributed by atoms with Gasteiger partial charge < -0.3 is 0 Å². The number of aliphatic imine (C=N–C) groups is 1. The largest absolute Gasteiger partial charge is 0.293 e. The van der Waals surface area contributed by atoms with Gasteiger partial charge >= 0.3 is 0 Å². The molecule has 0 atom stereocenters. The zero-order valence-corrected chi connectivity index (χ0v) is 7.94. The third-order valence-corrected chi connectivity index (χ3v) is 1.69. The molecule has 0 aromatic carbocycles. The van der Waals surface area contributed by atoms with Crippen LogP contribution in [-0.4, -0.2) is 12.3 Å². The van der Waals surface area contributed by atoms with E-state index < -0.39 is 0 Å². The Morgan fingerprint density at radius 3 is 2.36 bits per heavy atom. The number of hydrogen-bond donors (Lipinski definition) is 0. The standard InChI is InChI=1S/C10H17N/c1-6-7-8-11-9(2)10(3,4)5/h1H,7-8H2,2-5H3/b11-9+. The molecule has 0 heterocycles. The summed E-state index contributed by atoms with van der Waals surface area (Å²) in [6.07, 6.45) is 5.85. The minimum absolute atomic E-state index is 0.189. The molecule has 0 spiro atoms. The molecule has 0 rings (SSSR count). The average molecular weight is 151 g/mol. The number of terminal acetylenes is 1. The van der Waals surface area contributed by atoms with Crippen LogP contribution >= 0.6 is 0 Å². The van der Waals surface area contributed by atoms with E-state index in [1.165, 1.54) is 5.71 Å². The van der Waals surface area contributed by atoms with Gasteiger partial charge in [0.05, 0.1) is 0 Å². The van der Waals surface area contributed by atoms with Gasteiger partial charge in [0.15, 0.2) is 0 Å². The summed E-state index contributed by atoms with van der Waals surface area (Å²) in [6.45, 7) is 9.28. The quantitative estimate of drug-likeness (QED) is 0.327. The number of rotatable bonds is 2. The van der Waals surface area contributed by atoms with E-state index in [9.17, 15) is 0 Å². The summed E-state index contributed by atoms with van der Waals surface area (Å²) >= 11 is 0. The molecule has 0 fully saturated rings. The average Bonchev–Trinajstić information content (AvgIpc) is 1.86. The number of nitrogens with zero attached hydrogens (tertiary/aromatic N) is 1. The van der Waals surface area contributed by atoms with Crippen LogP contribution in [0.4, 0.5) is 0 Å². The molecule has 0 aliphatic heterocycles. The molecule has 1 heteroatoms. The molecule has 0 aromatic heterocycles. The first-order valence-electron chi connectivity index (χ1n) is 3.93. The molecule has 0 aromatic rings. The summed E-state index contributed by atoms with van der Waals surface area (Å²) in [5.41, 5.74) is 1.36. The second-order valence-electron chi connectivity index (χ2n) is 3.67. The molecule has 0 radical (unpaired) electrons. The normalized spacial score (nSPS) is 12.8. The third kappa shape index (κ3) is 4.61. The van der Waals surface area contributed by atoms with Crippen LogP contribution < -0.4 is 0 Å². The monoisotopic (exact) mass is 151 g/mol. The first kappa shape index (κ1) is 10.2. The van der Waals surface area contributed by atoms with Crippen LogP contribution in [0.1, 0.15) is 34.1 Å². The van der Waals surface area contributed by atoms with E-state index in [0.29, 0.717) is 0 Å². The maximum atomic E-state index is 5.10. The van der Waals surface area contributed by atoms with Crippen molar-refractivity contribution in [1.29, 1.82) is 0 Å². The van der Waals surface area contributed by atoms with Crippen molar-refractivity contribution in [3.8, 4) is 12.3 Å². The SMILES string of the molecule is C#CCC/N=C(\C)C(C)(C)C. The van der Waals surface area contributed by atoms with Gasteiger partial charge in [0.1, 0.15) is 0 Å². The second-order valence-corrected chi connectivity index (χ2v) is 3.67. The van der Waals surface area contributed by atoms with Crippen molar-refractivity contribution in [3.63, 3.8) is 0 Å². The molecule has 0 N–H and O–H groups in total. The van der Waals surface area contributed by atoms with Gasteiger partial charge in [-0.1, -0.05) is 20.8 Å². The Kier molecular flexibility index (Phi) is 3.89. The van der Waals surface area contributed by atoms with Gasteiger partial charge in [-0.25, -0.2) is 0 Å². The van der Waals surface area contributed by atoms with E-state index in [1.54, 1.807) is 0 Å². The molecule has 0 bridgehead atoms. The van der Waals surface area contributed by atoms with Crippen LogP contribution in [0.2, 0.25) is 0 Å². The van der Waals surface area contributed by atoms with Crippen LogP contribution in [0.15, 0.2) is 4.99 Å². The van der Waals surface area contributed by atoms with Gasteiger partial charge in [-0.3, -0.25) is 4.99 Å². The van der Waals surface area contributed by atoms with Gasteiger partial charge in [0.25, 0.3) is 0 Å². The summed E-state index contributed by atoms with van der Waals surface area (Å²) in [5.74, 6) is 2.57. The predicted molar refractivity (Wildman–Crippen MR) is 50.9 cm³/mol. The van der Waals surface area contributed by atoms with Crippen LogP contribution in [0.5, 0.6) is 0 Å². The maximum absolute atomic E-state index is 5.10. The first-order valence-corrected chi connectivity index (χ1v) is 3.93. The molecule has 1 nitrogen and oxygen atoms in total. The fourth-order valence-corrected chi connectivity index (χ4v) is 0.525. The minimum atomic E-state index is 0.189. The van der Waals surface area contributed by atoms with Gasteiger partial charge in [-0.2, -0.15) is 0 Å². The zero-order chi connectivity index (χ0) is 8.91. The van der Waals surface area contributed by atoms with E-state index in [-0.39, 0.29) is 5.41 Å². The Bertz CT molecular complexity index is 176. The lowest BCUT2D eigenvalue weighted by Crippen LogP contribution is -2.17. The van der Waals surface area contributed by atoms with Crippen molar-refractivity contribution >= 4 is 5.71 Å². The van der Waals surface area contributed by atoms with Gasteiger partial charge in [0.2, 0.25) is 0 Å². The fraction of sp³-hybridized carbons (Fsp3) is 0.700. The van der Waals surface area contributed by atoms with E-state index in [2.05, 4.69) is 38.6 Å². The second kappa shape index (κ2) is 4.18. The Balaban J connectivity index is 3.93. The topological polar surface area (TPSA) is 12.4 Å². The van der Waals surface area contributed by atoms with E-state index in [0.717, 1.165) is 13.0 Å². The summed E-state index contributed by atoms with van der Waals surface area (Å²) in [4.78, 5) is 4.36. The van der Waals surface area contributed by atoms with E-state index in [4.69, 9.17) is 6.42 Å². The lowest BCUT2D eigenvalue weighted by Gasteiger charge is -2.17. The zero-order valence-electron chi connectivity index (χ0n) is 7.94. The summed E-state index contributed by atoms with van der Waals surface area (Å²) in [6, 6.07) is 0. The Morgan fingerprint density at radius 2 is 2.00 bits per heavy atom. The molecule has 0 aliphatic rings. The molecule has 0 amide bonds. The highest BCUT2D eigenvalue weighted by atomic mass is 14.7. The smallest absolute Gasteiger partial charge is 0.0498 e. The molecule has 11 heavy (non-hydrogen) atoms. The Hall–Kier alpha value is -0.770. The summed E-state index contributed by atoms with van der Waals surface area (Å²) in [5, 5.41) is 0. The van der Waals surface area contributed by atoms with Crippen molar-refractivity contribution in [1.82, 2.24) is 0 Å². The van der Waals surface area contributed by atoms with Crippen LogP contribution in [-0.2, 0) is 0 Å². The third-order valence-electron chi connectivity index (χ3n) is 1.69. The Morgan fingerprint density at radius 1 is 1.45 bits per heavy atom.